The van der Waals surface area contributed by atoms with E-state index >= 15 is 0 Å². The van der Waals surface area contributed by atoms with E-state index in [4.69, 9.17) is 10.5 Å². The topological polar surface area (TPSA) is 52.3 Å². The van der Waals surface area contributed by atoms with Crippen molar-refractivity contribution in [2.45, 2.75) is 13.0 Å². The van der Waals surface area contributed by atoms with Gasteiger partial charge in [-0.3, -0.25) is 4.79 Å². The molecule has 0 heterocycles. The third kappa shape index (κ3) is 4.61. The largest absolute Gasteiger partial charge is 0.489 e. The van der Waals surface area contributed by atoms with Crippen LogP contribution in [0.15, 0.2) is 60.7 Å². The molecule has 20 heavy (non-hydrogen) atoms. The van der Waals surface area contributed by atoms with Gasteiger partial charge >= 0.3 is 0 Å². The molecule has 2 N–H and O–H groups in total. The summed E-state index contributed by atoms with van der Waals surface area (Å²) in [4.78, 5) is 10.6. The molecule has 0 saturated heterocycles. The molecule has 3 heteroatoms. The number of carbonyl (C=O) groups is 1. The molecule has 2 aromatic rings. The van der Waals surface area contributed by atoms with Crippen molar-refractivity contribution >= 4 is 12.0 Å². The number of rotatable bonds is 6. The Kier molecular flexibility index (Phi) is 4.95. The number of primary amides is 1. The molecule has 2 rings (SSSR count). The van der Waals surface area contributed by atoms with E-state index in [1.807, 2.05) is 60.7 Å². The van der Waals surface area contributed by atoms with Crippen LogP contribution in [0.2, 0.25) is 0 Å². The molecule has 3 nitrogen and oxygen atoms in total. The molecule has 0 aliphatic carbocycles. The Morgan fingerprint density at radius 1 is 1.05 bits per heavy atom. The summed E-state index contributed by atoms with van der Waals surface area (Å²) in [6.07, 6.45) is 3.88. The lowest BCUT2D eigenvalue weighted by Gasteiger charge is -2.06. The quantitative estimate of drug-likeness (QED) is 0.874. The summed E-state index contributed by atoms with van der Waals surface area (Å²) in [5.74, 6) is 0.491. The third-order valence-electron chi connectivity index (χ3n) is 2.76. The van der Waals surface area contributed by atoms with Gasteiger partial charge in [0, 0.05) is 6.42 Å². The highest BCUT2D eigenvalue weighted by molar-refractivity contribution is 5.76. The molecular weight excluding hydrogens is 250 g/mol. The molecule has 2 aromatic carbocycles. The van der Waals surface area contributed by atoms with Crippen LogP contribution in [0.1, 0.15) is 17.5 Å². The molecule has 0 aromatic heterocycles. The molecule has 0 aliphatic rings. The molecule has 0 bridgehead atoms. The van der Waals surface area contributed by atoms with E-state index in [0.717, 1.165) is 16.9 Å². The van der Waals surface area contributed by atoms with Crippen LogP contribution in [-0.2, 0) is 11.4 Å². The van der Waals surface area contributed by atoms with Crippen LogP contribution >= 0.6 is 0 Å². The van der Waals surface area contributed by atoms with Crippen LogP contribution < -0.4 is 10.5 Å². The summed E-state index contributed by atoms with van der Waals surface area (Å²) in [7, 11) is 0. The summed E-state index contributed by atoms with van der Waals surface area (Å²) in [6.45, 7) is 0.553. The van der Waals surface area contributed by atoms with E-state index < -0.39 is 0 Å². The highest BCUT2D eigenvalue weighted by Crippen LogP contribution is 2.15. The van der Waals surface area contributed by atoms with Gasteiger partial charge in [-0.25, -0.2) is 0 Å². The first-order chi connectivity index (χ1) is 9.74. The maximum absolute atomic E-state index is 10.6. The maximum atomic E-state index is 10.6. The fraction of sp³-hybridized carbons (Fsp3) is 0.118. The Balaban J connectivity index is 1.88. The first-order valence-electron chi connectivity index (χ1n) is 6.46. The molecule has 0 saturated carbocycles. The lowest BCUT2D eigenvalue weighted by Crippen LogP contribution is -2.07. The van der Waals surface area contributed by atoms with Crippen molar-refractivity contribution in [1.82, 2.24) is 0 Å². The predicted molar refractivity (Wildman–Crippen MR) is 80.1 cm³/mol. The van der Waals surface area contributed by atoms with Gasteiger partial charge in [0.1, 0.15) is 12.4 Å². The van der Waals surface area contributed by atoms with Crippen molar-refractivity contribution in [3.05, 3.63) is 71.8 Å². The molecule has 1 amide bonds. The zero-order valence-electron chi connectivity index (χ0n) is 11.2. The molecule has 0 unspecified atom stereocenters. The Bertz CT molecular complexity index is 574. The minimum absolute atomic E-state index is 0.256. The van der Waals surface area contributed by atoms with Gasteiger partial charge in [-0.2, -0.15) is 0 Å². The molecule has 0 spiro atoms. The van der Waals surface area contributed by atoms with Gasteiger partial charge in [0.2, 0.25) is 5.91 Å². The number of ether oxygens (including phenoxy) is 1. The molecule has 102 valence electrons. The summed E-state index contributed by atoms with van der Waals surface area (Å²) in [5.41, 5.74) is 7.21. The van der Waals surface area contributed by atoms with Gasteiger partial charge in [-0.15, -0.1) is 0 Å². The van der Waals surface area contributed by atoms with Crippen LogP contribution in [0.5, 0.6) is 5.75 Å². The van der Waals surface area contributed by atoms with Crippen molar-refractivity contribution in [2.75, 3.05) is 0 Å². The maximum Gasteiger partial charge on any atom is 0.221 e. The first kappa shape index (κ1) is 13.9. The second-order valence-corrected chi connectivity index (χ2v) is 4.42. The van der Waals surface area contributed by atoms with E-state index in [0.29, 0.717) is 6.61 Å². The number of hydrogen-bond acceptors (Lipinski definition) is 2. The fourth-order valence-electron chi connectivity index (χ4n) is 1.73. The van der Waals surface area contributed by atoms with Crippen molar-refractivity contribution in [1.29, 1.82) is 0 Å². The fourth-order valence-corrected chi connectivity index (χ4v) is 1.73. The van der Waals surface area contributed by atoms with Crippen molar-refractivity contribution < 1.29 is 9.53 Å². The number of hydrogen-bond donors (Lipinski definition) is 1. The van der Waals surface area contributed by atoms with Crippen LogP contribution in [0, 0.1) is 0 Å². The summed E-state index contributed by atoms with van der Waals surface area (Å²) >= 11 is 0. The Hall–Kier alpha value is -2.55. The minimum atomic E-state index is -0.330. The van der Waals surface area contributed by atoms with Gasteiger partial charge < -0.3 is 10.5 Å². The van der Waals surface area contributed by atoms with E-state index in [9.17, 15) is 4.79 Å². The monoisotopic (exact) mass is 267 g/mol. The molecule has 0 aliphatic heterocycles. The number of amides is 1. The van der Waals surface area contributed by atoms with Crippen LogP contribution in [0.25, 0.3) is 6.08 Å². The second kappa shape index (κ2) is 7.14. The smallest absolute Gasteiger partial charge is 0.221 e. The lowest BCUT2D eigenvalue weighted by molar-refractivity contribution is -0.117. The van der Waals surface area contributed by atoms with Gasteiger partial charge in [0.15, 0.2) is 0 Å². The summed E-state index contributed by atoms with van der Waals surface area (Å²) < 4.78 is 5.69. The van der Waals surface area contributed by atoms with Crippen LogP contribution in [0.3, 0.4) is 0 Å². The Labute approximate surface area is 118 Å². The number of benzene rings is 2. The second-order valence-electron chi connectivity index (χ2n) is 4.42. The molecular formula is C17H17NO2. The zero-order chi connectivity index (χ0) is 14.2. The van der Waals surface area contributed by atoms with Crippen molar-refractivity contribution in [2.24, 2.45) is 5.73 Å². The minimum Gasteiger partial charge on any atom is -0.489 e. The van der Waals surface area contributed by atoms with Crippen LogP contribution in [0.4, 0.5) is 0 Å². The highest BCUT2D eigenvalue weighted by Gasteiger charge is 1.95. The zero-order valence-corrected chi connectivity index (χ0v) is 11.2. The Morgan fingerprint density at radius 3 is 2.40 bits per heavy atom. The van der Waals surface area contributed by atoms with E-state index in [1.54, 1.807) is 6.08 Å². The van der Waals surface area contributed by atoms with Gasteiger partial charge in [0.05, 0.1) is 0 Å². The van der Waals surface area contributed by atoms with E-state index in [2.05, 4.69) is 0 Å². The third-order valence-corrected chi connectivity index (χ3v) is 2.76. The molecule has 0 radical (unpaired) electrons. The van der Waals surface area contributed by atoms with Crippen LogP contribution in [-0.4, -0.2) is 5.91 Å². The summed E-state index contributed by atoms with van der Waals surface area (Å²) in [5, 5.41) is 0. The highest BCUT2D eigenvalue weighted by atomic mass is 16.5. The van der Waals surface area contributed by atoms with E-state index in [-0.39, 0.29) is 12.3 Å². The van der Waals surface area contributed by atoms with Crippen molar-refractivity contribution in [3.63, 3.8) is 0 Å². The lowest BCUT2D eigenvalue weighted by atomic mass is 10.2. The van der Waals surface area contributed by atoms with Gasteiger partial charge in [0.25, 0.3) is 0 Å². The predicted octanol–water partition coefficient (Wildman–Crippen LogP) is 3.15. The van der Waals surface area contributed by atoms with Gasteiger partial charge in [-0.1, -0.05) is 54.6 Å². The average Bonchev–Trinajstić information content (AvgIpc) is 2.47. The first-order valence-corrected chi connectivity index (χ1v) is 6.46. The van der Waals surface area contributed by atoms with Gasteiger partial charge in [-0.05, 0) is 23.3 Å². The standard InChI is InChI=1S/C17H17NO2/c18-17(19)8-4-7-14-9-11-16(12-10-14)20-13-15-5-2-1-3-6-15/h1-7,9-12H,8,13H2,(H2,18,19). The SMILES string of the molecule is NC(=O)CC=Cc1ccc(OCc2ccccc2)cc1. The normalized spacial score (nSPS) is 10.6. The number of nitrogens with two attached hydrogens (primary N) is 1. The number of carbonyl (C=O) groups excluding carboxylic acids is 1. The molecule has 0 atom stereocenters. The van der Waals surface area contributed by atoms with E-state index in [1.165, 1.54) is 0 Å². The van der Waals surface area contributed by atoms with Crippen molar-refractivity contribution in [3.8, 4) is 5.75 Å². The Morgan fingerprint density at radius 2 is 1.75 bits per heavy atom. The average molecular weight is 267 g/mol. The molecule has 0 fully saturated rings. The summed E-state index contributed by atoms with van der Waals surface area (Å²) in [6, 6.07) is 17.7.